The monoisotopic (exact) mass is 363 g/mol. The number of pyridine rings is 1. The van der Waals surface area contributed by atoms with Crippen LogP contribution in [-0.4, -0.2) is 34.6 Å². The largest absolute Gasteiger partial charge is 0.417 e. The third kappa shape index (κ3) is 3.61. The van der Waals surface area contributed by atoms with Gasteiger partial charge in [0.25, 0.3) is 5.91 Å². The van der Waals surface area contributed by atoms with Crippen LogP contribution in [0.3, 0.4) is 0 Å². The maximum absolute atomic E-state index is 12.9. The first-order valence-corrected chi connectivity index (χ1v) is 7.72. The molecule has 0 atom stereocenters. The fourth-order valence-electron chi connectivity index (χ4n) is 2.41. The third-order valence-corrected chi connectivity index (χ3v) is 3.83. The summed E-state index contributed by atoms with van der Waals surface area (Å²) in [7, 11) is 3.72. The minimum absolute atomic E-state index is 0.0481. The Balaban J connectivity index is 1.79. The summed E-state index contributed by atoms with van der Waals surface area (Å²) in [6, 6.07) is 9.18. The number of anilines is 1. The van der Waals surface area contributed by atoms with Crippen molar-refractivity contribution in [3.63, 3.8) is 0 Å². The van der Waals surface area contributed by atoms with Crippen molar-refractivity contribution in [1.29, 1.82) is 0 Å². The standard InChI is InChI=1S/C17H16F3N5O/c1-24(2)13-5-3-4-11(8-13)16(26)21-9-15-23-22-14-7-6-12(10-25(14)15)17(18,19)20/h3-8,10H,9H2,1-2H3,(H,21,26). The number of benzene rings is 1. The highest BCUT2D eigenvalue weighted by Gasteiger charge is 2.31. The van der Waals surface area contributed by atoms with E-state index in [1.165, 1.54) is 10.5 Å². The number of nitrogens with one attached hydrogen (secondary N) is 1. The number of amides is 1. The molecule has 9 heteroatoms. The Morgan fingerprint density at radius 1 is 1.19 bits per heavy atom. The van der Waals surface area contributed by atoms with Gasteiger partial charge in [-0.1, -0.05) is 6.07 Å². The van der Waals surface area contributed by atoms with Gasteiger partial charge in [0.15, 0.2) is 11.5 Å². The van der Waals surface area contributed by atoms with Crippen molar-refractivity contribution in [1.82, 2.24) is 19.9 Å². The Labute approximate surface area is 147 Å². The number of carbonyl (C=O) groups is 1. The van der Waals surface area contributed by atoms with E-state index in [-0.39, 0.29) is 23.9 Å². The molecule has 0 saturated heterocycles. The molecule has 0 saturated carbocycles. The van der Waals surface area contributed by atoms with Crippen LogP contribution in [0.1, 0.15) is 21.7 Å². The average Bonchev–Trinajstić information content (AvgIpc) is 3.01. The second kappa shape index (κ2) is 6.66. The molecule has 136 valence electrons. The smallest absolute Gasteiger partial charge is 0.378 e. The first-order valence-electron chi connectivity index (χ1n) is 7.72. The van der Waals surface area contributed by atoms with Gasteiger partial charge in [0, 0.05) is 31.5 Å². The van der Waals surface area contributed by atoms with Gasteiger partial charge in [-0.2, -0.15) is 13.2 Å². The number of halogens is 3. The Kier molecular flexibility index (Phi) is 4.54. The number of aromatic nitrogens is 3. The Morgan fingerprint density at radius 3 is 2.65 bits per heavy atom. The predicted octanol–water partition coefficient (Wildman–Crippen LogP) is 2.74. The molecule has 0 aliphatic rings. The number of carbonyl (C=O) groups excluding carboxylic acids is 1. The van der Waals surface area contributed by atoms with Crippen LogP contribution in [0, 0.1) is 0 Å². The summed E-state index contributed by atoms with van der Waals surface area (Å²) in [4.78, 5) is 14.2. The van der Waals surface area contributed by atoms with E-state index in [9.17, 15) is 18.0 Å². The van der Waals surface area contributed by atoms with Gasteiger partial charge in [-0.05, 0) is 30.3 Å². The molecule has 0 fully saturated rings. The molecule has 1 amide bonds. The lowest BCUT2D eigenvalue weighted by Crippen LogP contribution is -2.24. The van der Waals surface area contributed by atoms with Gasteiger partial charge in [-0.15, -0.1) is 10.2 Å². The molecule has 1 N–H and O–H groups in total. The topological polar surface area (TPSA) is 62.5 Å². The van der Waals surface area contributed by atoms with E-state index in [0.29, 0.717) is 5.56 Å². The normalized spacial score (nSPS) is 11.6. The Bertz CT molecular complexity index is 949. The zero-order valence-corrected chi connectivity index (χ0v) is 14.1. The third-order valence-electron chi connectivity index (χ3n) is 3.83. The molecule has 26 heavy (non-hydrogen) atoms. The highest BCUT2D eigenvalue weighted by molar-refractivity contribution is 5.95. The minimum Gasteiger partial charge on any atom is -0.378 e. The van der Waals surface area contributed by atoms with Crippen LogP contribution in [0.4, 0.5) is 18.9 Å². The molecule has 0 aliphatic carbocycles. The lowest BCUT2D eigenvalue weighted by molar-refractivity contribution is -0.137. The van der Waals surface area contributed by atoms with Crippen LogP contribution in [0.25, 0.3) is 5.65 Å². The molecule has 2 aromatic heterocycles. The van der Waals surface area contributed by atoms with Gasteiger partial charge in [0.05, 0.1) is 12.1 Å². The SMILES string of the molecule is CN(C)c1cccc(C(=O)NCc2nnc3ccc(C(F)(F)F)cn23)c1. The molecular formula is C17H16F3N5O. The number of alkyl halides is 3. The van der Waals surface area contributed by atoms with Gasteiger partial charge in [0.2, 0.25) is 0 Å². The molecule has 0 spiro atoms. The summed E-state index contributed by atoms with van der Waals surface area (Å²) in [6.45, 7) is -0.0481. The summed E-state index contributed by atoms with van der Waals surface area (Å²) < 4.78 is 39.8. The van der Waals surface area contributed by atoms with Crippen LogP contribution in [-0.2, 0) is 12.7 Å². The number of hydrogen-bond donors (Lipinski definition) is 1. The number of fused-ring (bicyclic) bond motifs is 1. The lowest BCUT2D eigenvalue weighted by atomic mass is 10.2. The number of rotatable bonds is 4. The van der Waals surface area contributed by atoms with Crippen LogP contribution >= 0.6 is 0 Å². The van der Waals surface area contributed by atoms with Gasteiger partial charge in [-0.3, -0.25) is 9.20 Å². The van der Waals surface area contributed by atoms with E-state index in [0.717, 1.165) is 18.0 Å². The van der Waals surface area contributed by atoms with Crippen molar-refractivity contribution in [2.75, 3.05) is 19.0 Å². The van der Waals surface area contributed by atoms with E-state index in [4.69, 9.17) is 0 Å². The summed E-state index contributed by atoms with van der Waals surface area (Å²) in [6.07, 6.45) is -3.55. The molecule has 3 aromatic rings. The summed E-state index contributed by atoms with van der Waals surface area (Å²) in [5.74, 6) is -0.138. The van der Waals surface area contributed by atoms with Crippen molar-refractivity contribution < 1.29 is 18.0 Å². The highest BCUT2D eigenvalue weighted by atomic mass is 19.4. The van der Waals surface area contributed by atoms with Crippen molar-refractivity contribution in [3.8, 4) is 0 Å². The van der Waals surface area contributed by atoms with Gasteiger partial charge in [0.1, 0.15) is 0 Å². The summed E-state index contributed by atoms with van der Waals surface area (Å²) in [5.41, 5.74) is 0.773. The Morgan fingerprint density at radius 2 is 1.96 bits per heavy atom. The van der Waals surface area contributed by atoms with Crippen LogP contribution in [0.15, 0.2) is 42.6 Å². The maximum atomic E-state index is 12.9. The first-order chi connectivity index (χ1) is 12.3. The van der Waals surface area contributed by atoms with Gasteiger partial charge >= 0.3 is 6.18 Å². The molecule has 2 heterocycles. The predicted molar refractivity (Wildman–Crippen MR) is 89.9 cm³/mol. The molecule has 6 nitrogen and oxygen atoms in total. The fraction of sp³-hybridized carbons (Fsp3) is 0.235. The number of nitrogens with zero attached hydrogens (tertiary/aromatic N) is 4. The van der Waals surface area contributed by atoms with Crippen molar-refractivity contribution in [2.45, 2.75) is 12.7 Å². The summed E-state index contributed by atoms with van der Waals surface area (Å²) in [5, 5.41) is 10.3. The van der Waals surface area contributed by atoms with Gasteiger partial charge in [-0.25, -0.2) is 0 Å². The average molecular weight is 363 g/mol. The van der Waals surface area contributed by atoms with Crippen molar-refractivity contribution in [3.05, 3.63) is 59.5 Å². The Hall–Kier alpha value is -3.10. The zero-order chi connectivity index (χ0) is 18.9. The van der Waals surface area contributed by atoms with E-state index in [2.05, 4.69) is 15.5 Å². The molecule has 0 radical (unpaired) electrons. The zero-order valence-electron chi connectivity index (χ0n) is 14.1. The molecule has 0 aliphatic heterocycles. The minimum atomic E-state index is -4.47. The van der Waals surface area contributed by atoms with Crippen LogP contribution in [0.5, 0.6) is 0 Å². The molecule has 0 bridgehead atoms. The van der Waals surface area contributed by atoms with Crippen molar-refractivity contribution in [2.24, 2.45) is 0 Å². The van der Waals surface area contributed by atoms with E-state index >= 15 is 0 Å². The van der Waals surface area contributed by atoms with E-state index < -0.39 is 11.7 Å². The molecule has 1 aromatic carbocycles. The van der Waals surface area contributed by atoms with Gasteiger partial charge < -0.3 is 10.2 Å². The molecule has 0 unspecified atom stereocenters. The van der Waals surface area contributed by atoms with Crippen LogP contribution < -0.4 is 10.2 Å². The lowest BCUT2D eigenvalue weighted by Gasteiger charge is -2.13. The summed E-state index contributed by atoms with van der Waals surface area (Å²) >= 11 is 0. The quantitative estimate of drug-likeness (QED) is 0.774. The number of hydrogen-bond acceptors (Lipinski definition) is 4. The molecule has 3 rings (SSSR count). The van der Waals surface area contributed by atoms with Crippen LogP contribution in [0.2, 0.25) is 0 Å². The fourth-order valence-corrected chi connectivity index (χ4v) is 2.41. The second-order valence-electron chi connectivity index (χ2n) is 5.89. The first kappa shape index (κ1) is 17.7. The second-order valence-corrected chi connectivity index (χ2v) is 5.89. The highest BCUT2D eigenvalue weighted by Crippen LogP contribution is 2.29. The van der Waals surface area contributed by atoms with E-state index in [1.54, 1.807) is 18.2 Å². The van der Waals surface area contributed by atoms with E-state index in [1.807, 2.05) is 25.1 Å². The van der Waals surface area contributed by atoms with Crippen molar-refractivity contribution >= 4 is 17.2 Å². The maximum Gasteiger partial charge on any atom is 0.417 e. The molecular weight excluding hydrogens is 347 g/mol.